The van der Waals surface area contributed by atoms with Crippen molar-refractivity contribution in [3.8, 4) is 0 Å². The fourth-order valence-electron chi connectivity index (χ4n) is 3.01. The standard InChI is InChI=1S/C16H29N/c1-6-9-12(7-2)10-14-13(8-3)11-15(17)16(14,4)5/h6,12,15H,1,7-11,17H2,2-5H3. The lowest BCUT2D eigenvalue weighted by Gasteiger charge is -2.30. The van der Waals surface area contributed by atoms with Crippen molar-refractivity contribution in [2.75, 3.05) is 0 Å². The molecule has 1 rings (SSSR count). The lowest BCUT2D eigenvalue weighted by atomic mass is 9.77. The van der Waals surface area contributed by atoms with Crippen LogP contribution in [0.4, 0.5) is 0 Å². The van der Waals surface area contributed by atoms with Crippen molar-refractivity contribution in [3.05, 3.63) is 23.8 Å². The number of nitrogens with two attached hydrogens (primary N) is 1. The Morgan fingerprint density at radius 1 is 1.47 bits per heavy atom. The van der Waals surface area contributed by atoms with Gasteiger partial charge >= 0.3 is 0 Å². The molecule has 2 atom stereocenters. The Kier molecular flexibility index (Phi) is 5.00. The quantitative estimate of drug-likeness (QED) is 0.677. The Bertz CT molecular complexity index is 299. The van der Waals surface area contributed by atoms with Gasteiger partial charge in [-0.3, -0.25) is 0 Å². The summed E-state index contributed by atoms with van der Waals surface area (Å²) in [5.41, 5.74) is 9.75. The van der Waals surface area contributed by atoms with E-state index in [1.165, 1.54) is 12.8 Å². The highest BCUT2D eigenvalue weighted by Crippen LogP contribution is 2.46. The van der Waals surface area contributed by atoms with E-state index in [-0.39, 0.29) is 5.41 Å². The van der Waals surface area contributed by atoms with Crippen LogP contribution in [0.1, 0.15) is 59.8 Å². The van der Waals surface area contributed by atoms with Crippen molar-refractivity contribution < 1.29 is 0 Å². The van der Waals surface area contributed by atoms with Crippen LogP contribution in [0.15, 0.2) is 23.8 Å². The smallest absolute Gasteiger partial charge is 0.0165 e. The van der Waals surface area contributed by atoms with Gasteiger partial charge in [0.1, 0.15) is 0 Å². The van der Waals surface area contributed by atoms with Crippen molar-refractivity contribution in [1.29, 1.82) is 0 Å². The zero-order valence-electron chi connectivity index (χ0n) is 12.1. The van der Waals surface area contributed by atoms with Crippen molar-refractivity contribution in [2.45, 2.75) is 65.8 Å². The molecule has 0 radical (unpaired) electrons. The molecule has 0 aliphatic heterocycles. The SMILES string of the molecule is C=CCC(CC)CC1=C(CC)CC(N)C1(C)C. The molecular weight excluding hydrogens is 206 g/mol. The topological polar surface area (TPSA) is 26.0 Å². The van der Waals surface area contributed by atoms with Gasteiger partial charge in [-0.05, 0) is 31.6 Å². The third kappa shape index (κ3) is 3.01. The third-order valence-corrected chi connectivity index (χ3v) is 4.59. The van der Waals surface area contributed by atoms with Crippen LogP contribution < -0.4 is 5.73 Å². The molecule has 0 saturated heterocycles. The van der Waals surface area contributed by atoms with Gasteiger partial charge in [0.2, 0.25) is 0 Å². The van der Waals surface area contributed by atoms with E-state index in [1.54, 1.807) is 11.1 Å². The van der Waals surface area contributed by atoms with Crippen LogP contribution in [0.2, 0.25) is 0 Å². The minimum absolute atomic E-state index is 0.194. The molecule has 0 aromatic rings. The van der Waals surface area contributed by atoms with Gasteiger partial charge in [-0.1, -0.05) is 51.3 Å². The maximum absolute atomic E-state index is 6.30. The van der Waals surface area contributed by atoms with Gasteiger partial charge in [0.25, 0.3) is 0 Å². The molecule has 2 unspecified atom stereocenters. The Morgan fingerprint density at radius 2 is 2.12 bits per heavy atom. The minimum Gasteiger partial charge on any atom is -0.327 e. The predicted octanol–water partition coefficient (Wildman–Crippen LogP) is 4.44. The molecule has 1 nitrogen and oxygen atoms in total. The second kappa shape index (κ2) is 5.86. The number of allylic oxidation sites excluding steroid dienone is 1. The summed E-state index contributed by atoms with van der Waals surface area (Å²) in [5, 5.41) is 0. The first-order valence-corrected chi connectivity index (χ1v) is 7.05. The van der Waals surface area contributed by atoms with Crippen LogP contribution in [0, 0.1) is 11.3 Å². The van der Waals surface area contributed by atoms with Crippen LogP contribution in [0.3, 0.4) is 0 Å². The monoisotopic (exact) mass is 235 g/mol. The molecule has 98 valence electrons. The number of rotatable bonds is 6. The Labute approximate surface area is 107 Å². The van der Waals surface area contributed by atoms with Crippen LogP contribution in [0.5, 0.6) is 0 Å². The van der Waals surface area contributed by atoms with Gasteiger partial charge in [-0.2, -0.15) is 0 Å². The summed E-state index contributed by atoms with van der Waals surface area (Å²) >= 11 is 0. The van der Waals surface area contributed by atoms with Gasteiger partial charge in [-0.15, -0.1) is 6.58 Å². The van der Waals surface area contributed by atoms with Crippen LogP contribution >= 0.6 is 0 Å². The molecule has 1 aliphatic rings. The second-order valence-corrected chi connectivity index (χ2v) is 5.97. The number of hydrogen-bond acceptors (Lipinski definition) is 1. The third-order valence-electron chi connectivity index (χ3n) is 4.59. The molecule has 0 amide bonds. The summed E-state index contributed by atoms with van der Waals surface area (Å²) in [4.78, 5) is 0. The summed E-state index contributed by atoms with van der Waals surface area (Å²) in [7, 11) is 0. The molecule has 1 heteroatoms. The molecule has 0 fully saturated rings. The Morgan fingerprint density at radius 3 is 2.59 bits per heavy atom. The normalized spacial score (nSPS) is 25.1. The lowest BCUT2D eigenvalue weighted by Crippen LogP contribution is -2.34. The van der Waals surface area contributed by atoms with Crippen LogP contribution in [-0.4, -0.2) is 6.04 Å². The summed E-state index contributed by atoms with van der Waals surface area (Å²) < 4.78 is 0. The van der Waals surface area contributed by atoms with Gasteiger partial charge in [-0.25, -0.2) is 0 Å². The van der Waals surface area contributed by atoms with Crippen molar-refractivity contribution >= 4 is 0 Å². The summed E-state index contributed by atoms with van der Waals surface area (Å²) in [6, 6.07) is 0.314. The van der Waals surface area contributed by atoms with E-state index in [0.29, 0.717) is 6.04 Å². The van der Waals surface area contributed by atoms with Crippen molar-refractivity contribution in [3.63, 3.8) is 0 Å². The van der Waals surface area contributed by atoms with Gasteiger partial charge < -0.3 is 5.73 Å². The van der Waals surface area contributed by atoms with Crippen molar-refractivity contribution in [2.24, 2.45) is 17.1 Å². The highest BCUT2D eigenvalue weighted by molar-refractivity contribution is 5.31. The molecule has 0 spiro atoms. The molecule has 0 saturated carbocycles. The summed E-state index contributed by atoms with van der Waals surface area (Å²) in [6.07, 6.45) is 7.90. The molecule has 0 bridgehead atoms. The predicted molar refractivity (Wildman–Crippen MR) is 76.9 cm³/mol. The van der Waals surface area contributed by atoms with Crippen molar-refractivity contribution in [1.82, 2.24) is 0 Å². The van der Waals surface area contributed by atoms with E-state index >= 15 is 0 Å². The van der Waals surface area contributed by atoms with E-state index in [1.807, 2.05) is 0 Å². The fraction of sp³-hybridized carbons (Fsp3) is 0.750. The van der Waals surface area contributed by atoms with E-state index in [4.69, 9.17) is 5.73 Å². The summed E-state index contributed by atoms with van der Waals surface area (Å²) in [5.74, 6) is 0.744. The molecule has 0 aromatic heterocycles. The van der Waals surface area contributed by atoms with E-state index in [9.17, 15) is 0 Å². The fourth-order valence-corrected chi connectivity index (χ4v) is 3.01. The largest absolute Gasteiger partial charge is 0.327 e. The first-order chi connectivity index (χ1) is 7.97. The van der Waals surface area contributed by atoms with Gasteiger partial charge in [0, 0.05) is 11.5 Å². The average molecular weight is 235 g/mol. The van der Waals surface area contributed by atoms with E-state index < -0.39 is 0 Å². The van der Waals surface area contributed by atoms with Gasteiger partial charge in [0.05, 0.1) is 0 Å². The molecule has 1 aliphatic carbocycles. The van der Waals surface area contributed by atoms with Crippen LogP contribution in [0.25, 0.3) is 0 Å². The second-order valence-electron chi connectivity index (χ2n) is 5.97. The average Bonchev–Trinajstić information content (AvgIpc) is 2.51. The van der Waals surface area contributed by atoms with E-state index in [0.717, 1.165) is 25.2 Å². The van der Waals surface area contributed by atoms with Crippen LogP contribution in [-0.2, 0) is 0 Å². The Balaban J connectivity index is 2.88. The lowest BCUT2D eigenvalue weighted by molar-refractivity contribution is 0.348. The highest BCUT2D eigenvalue weighted by Gasteiger charge is 2.38. The van der Waals surface area contributed by atoms with Gasteiger partial charge in [0.15, 0.2) is 0 Å². The first-order valence-electron chi connectivity index (χ1n) is 7.05. The molecule has 0 aromatic carbocycles. The molecular formula is C16H29N. The molecule has 17 heavy (non-hydrogen) atoms. The zero-order chi connectivity index (χ0) is 13.1. The summed E-state index contributed by atoms with van der Waals surface area (Å²) in [6.45, 7) is 13.0. The van der Waals surface area contributed by atoms with E-state index in [2.05, 4.69) is 40.3 Å². The minimum atomic E-state index is 0.194. The maximum Gasteiger partial charge on any atom is 0.0165 e. The zero-order valence-corrected chi connectivity index (χ0v) is 12.1. The highest BCUT2D eigenvalue weighted by atomic mass is 14.7. The maximum atomic E-state index is 6.30. The molecule has 2 N–H and O–H groups in total. The first kappa shape index (κ1) is 14.5. The number of hydrogen-bond donors (Lipinski definition) is 1. The molecule has 0 heterocycles. The Hall–Kier alpha value is -0.560.